The Morgan fingerprint density at radius 3 is 2.77 bits per heavy atom. The number of methoxy groups -OCH3 is 1. The van der Waals surface area contributed by atoms with Crippen LogP contribution in [0, 0.1) is 0 Å². The normalized spacial score (nSPS) is 12.9. The van der Waals surface area contributed by atoms with Gasteiger partial charge >= 0.3 is 0 Å². The van der Waals surface area contributed by atoms with E-state index in [4.69, 9.17) is 9.47 Å². The first-order valence-electron chi connectivity index (χ1n) is 9.25. The van der Waals surface area contributed by atoms with Gasteiger partial charge in [0, 0.05) is 24.2 Å². The Bertz CT molecular complexity index is 1200. The van der Waals surface area contributed by atoms with Crippen molar-refractivity contribution in [1.29, 1.82) is 0 Å². The summed E-state index contributed by atoms with van der Waals surface area (Å²) in [5.74, 6) is 0.694. The molecule has 8 heteroatoms. The van der Waals surface area contributed by atoms with Gasteiger partial charge in [-0.05, 0) is 36.4 Å². The molecule has 0 unspecified atom stereocenters. The molecular weight excluding hydrogens is 386 g/mol. The van der Waals surface area contributed by atoms with E-state index in [0.29, 0.717) is 28.4 Å². The van der Waals surface area contributed by atoms with Crippen molar-refractivity contribution in [2.45, 2.75) is 6.54 Å². The van der Waals surface area contributed by atoms with E-state index in [1.54, 1.807) is 44.5 Å². The molecule has 1 aromatic heterocycles. The molecule has 0 spiro atoms. The number of hydrogen-bond acceptors (Lipinski definition) is 6. The lowest BCUT2D eigenvalue weighted by molar-refractivity contribution is -0.120. The third kappa shape index (κ3) is 3.67. The number of anilines is 1. The minimum atomic E-state index is -0.386. The molecule has 3 aromatic rings. The zero-order chi connectivity index (χ0) is 21.3. The van der Waals surface area contributed by atoms with E-state index in [-0.39, 0.29) is 30.4 Å². The van der Waals surface area contributed by atoms with Crippen molar-refractivity contribution in [3.8, 4) is 22.8 Å². The van der Waals surface area contributed by atoms with E-state index in [9.17, 15) is 14.4 Å². The first kappa shape index (κ1) is 19.4. The number of hydrogen-bond donors (Lipinski definition) is 0. The smallest absolute Gasteiger partial charge is 0.267 e. The zero-order valence-corrected chi connectivity index (χ0v) is 16.5. The molecular formula is C22H19N3O5. The summed E-state index contributed by atoms with van der Waals surface area (Å²) in [6.07, 6.45) is 0. The number of Topliss-reactive ketones (excluding diaryl/α,β-unsaturated/α-hetero) is 1. The fraction of sp³-hybridized carbons (Fsp3) is 0.182. The average Bonchev–Trinajstić information content (AvgIpc) is 2.77. The summed E-state index contributed by atoms with van der Waals surface area (Å²) < 4.78 is 11.7. The number of fused-ring (bicyclic) bond motifs is 1. The molecule has 152 valence electrons. The second-order valence-electron chi connectivity index (χ2n) is 6.79. The molecule has 0 N–H and O–H groups in total. The molecule has 0 saturated carbocycles. The zero-order valence-electron chi connectivity index (χ0n) is 16.5. The highest BCUT2D eigenvalue weighted by Crippen LogP contribution is 2.32. The third-order valence-corrected chi connectivity index (χ3v) is 4.89. The van der Waals surface area contributed by atoms with Crippen LogP contribution in [0.1, 0.15) is 10.4 Å². The number of ketones is 1. The van der Waals surface area contributed by atoms with E-state index < -0.39 is 0 Å². The first-order valence-corrected chi connectivity index (χ1v) is 9.25. The molecule has 8 nitrogen and oxygen atoms in total. The molecule has 4 rings (SSSR count). The van der Waals surface area contributed by atoms with Crippen molar-refractivity contribution >= 4 is 17.4 Å². The topological polar surface area (TPSA) is 90.7 Å². The van der Waals surface area contributed by atoms with Crippen LogP contribution < -0.4 is 19.9 Å². The summed E-state index contributed by atoms with van der Waals surface area (Å²) >= 11 is 0. The van der Waals surface area contributed by atoms with Crippen molar-refractivity contribution in [2.75, 3.05) is 25.7 Å². The highest BCUT2D eigenvalue weighted by molar-refractivity contribution is 6.01. The molecule has 1 aliphatic heterocycles. The standard InChI is InChI=1S/C22H19N3O5/c1-24-18-11-15(6-8-20(18)30-13-22(24)28)19(26)12-25-21(27)9-7-17(23-25)14-4-3-5-16(10-14)29-2/h3-11H,12-13H2,1-2H3. The molecule has 30 heavy (non-hydrogen) atoms. The van der Waals surface area contributed by atoms with E-state index >= 15 is 0 Å². The number of likely N-dealkylation sites (N-methyl/N-ethyl adjacent to an activating group) is 1. The fourth-order valence-corrected chi connectivity index (χ4v) is 3.17. The van der Waals surface area contributed by atoms with Gasteiger partial charge in [-0.3, -0.25) is 14.4 Å². The highest BCUT2D eigenvalue weighted by Gasteiger charge is 2.23. The van der Waals surface area contributed by atoms with E-state index in [2.05, 4.69) is 5.10 Å². The lowest BCUT2D eigenvalue weighted by Crippen LogP contribution is -2.35. The van der Waals surface area contributed by atoms with E-state index in [1.165, 1.54) is 11.0 Å². The second-order valence-corrected chi connectivity index (χ2v) is 6.79. The quantitative estimate of drug-likeness (QED) is 0.604. The maximum absolute atomic E-state index is 12.8. The molecule has 0 radical (unpaired) electrons. The van der Waals surface area contributed by atoms with Crippen molar-refractivity contribution in [2.24, 2.45) is 0 Å². The van der Waals surface area contributed by atoms with Crippen LogP contribution in [0.2, 0.25) is 0 Å². The maximum atomic E-state index is 12.8. The number of benzene rings is 2. The Kier molecular flexibility index (Phi) is 5.05. The molecule has 0 bridgehead atoms. The Labute approximate surface area is 172 Å². The van der Waals surface area contributed by atoms with Crippen molar-refractivity contribution in [1.82, 2.24) is 9.78 Å². The van der Waals surface area contributed by atoms with E-state index in [0.717, 1.165) is 10.2 Å². The summed E-state index contributed by atoms with van der Waals surface area (Å²) in [5, 5.41) is 4.34. The molecule has 0 atom stereocenters. The highest BCUT2D eigenvalue weighted by atomic mass is 16.5. The molecule has 2 aromatic carbocycles. The molecule has 1 aliphatic rings. The van der Waals surface area contributed by atoms with Crippen LogP contribution in [0.3, 0.4) is 0 Å². The number of aromatic nitrogens is 2. The monoisotopic (exact) mass is 405 g/mol. The van der Waals surface area contributed by atoms with Gasteiger partial charge < -0.3 is 14.4 Å². The first-order chi connectivity index (χ1) is 14.5. The van der Waals surface area contributed by atoms with Crippen LogP contribution in [-0.4, -0.2) is 42.2 Å². The van der Waals surface area contributed by atoms with Gasteiger partial charge in [0.05, 0.1) is 18.5 Å². The molecule has 1 amide bonds. The SMILES string of the molecule is COc1cccc(-c2ccc(=O)n(CC(=O)c3ccc4c(c3)N(C)C(=O)CO4)n2)c1. The maximum Gasteiger partial charge on any atom is 0.267 e. The summed E-state index contributed by atoms with van der Waals surface area (Å²) in [4.78, 5) is 38.4. The van der Waals surface area contributed by atoms with Gasteiger partial charge in [0.1, 0.15) is 18.0 Å². The van der Waals surface area contributed by atoms with Gasteiger partial charge in [-0.15, -0.1) is 0 Å². The van der Waals surface area contributed by atoms with Gasteiger partial charge in [0.2, 0.25) is 0 Å². The van der Waals surface area contributed by atoms with Crippen LogP contribution in [-0.2, 0) is 11.3 Å². The largest absolute Gasteiger partial charge is 0.497 e. The van der Waals surface area contributed by atoms with Gasteiger partial charge in [-0.1, -0.05) is 12.1 Å². The van der Waals surface area contributed by atoms with Gasteiger partial charge in [-0.2, -0.15) is 5.10 Å². The summed E-state index contributed by atoms with van der Waals surface area (Å²) in [7, 11) is 3.20. The van der Waals surface area contributed by atoms with Crippen LogP contribution in [0.25, 0.3) is 11.3 Å². The minimum absolute atomic E-state index is 0.0346. The van der Waals surface area contributed by atoms with Gasteiger partial charge in [0.25, 0.3) is 11.5 Å². The number of amides is 1. The van der Waals surface area contributed by atoms with Crippen molar-refractivity contribution in [3.05, 3.63) is 70.5 Å². The van der Waals surface area contributed by atoms with Gasteiger partial charge in [-0.25, -0.2) is 4.68 Å². The second kappa shape index (κ2) is 7.82. The Balaban J connectivity index is 1.62. The van der Waals surface area contributed by atoms with E-state index in [1.807, 2.05) is 18.2 Å². The predicted octanol–water partition coefficient (Wildman–Crippen LogP) is 2.16. The molecule has 0 aliphatic carbocycles. The van der Waals surface area contributed by atoms with Crippen LogP contribution in [0.5, 0.6) is 11.5 Å². The summed E-state index contributed by atoms with van der Waals surface area (Å²) in [5.41, 5.74) is 1.80. The van der Waals surface area contributed by atoms with Crippen LogP contribution in [0.15, 0.2) is 59.4 Å². The Morgan fingerprint density at radius 1 is 1.13 bits per heavy atom. The lowest BCUT2D eigenvalue weighted by atomic mass is 10.1. The number of nitrogens with zero attached hydrogens (tertiary/aromatic N) is 3. The third-order valence-electron chi connectivity index (χ3n) is 4.89. The lowest BCUT2D eigenvalue weighted by Gasteiger charge is -2.26. The molecule has 2 heterocycles. The molecule has 0 fully saturated rings. The van der Waals surface area contributed by atoms with Crippen molar-refractivity contribution in [3.63, 3.8) is 0 Å². The van der Waals surface area contributed by atoms with Crippen LogP contribution >= 0.6 is 0 Å². The summed E-state index contributed by atoms with van der Waals surface area (Å²) in [6, 6.07) is 15.1. The molecule has 0 saturated heterocycles. The van der Waals surface area contributed by atoms with Crippen LogP contribution in [0.4, 0.5) is 5.69 Å². The number of carbonyl (C=O) groups excluding carboxylic acids is 2. The summed E-state index contributed by atoms with van der Waals surface area (Å²) in [6.45, 7) is -0.263. The fourth-order valence-electron chi connectivity index (χ4n) is 3.17. The average molecular weight is 405 g/mol. The Morgan fingerprint density at radius 2 is 1.97 bits per heavy atom. The minimum Gasteiger partial charge on any atom is -0.497 e. The Hall–Kier alpha value is -3.94. The van der Waals surface area contributed by atoms with Crippen molar-refractivity contribution < 1.29 is 19.1 Å². The number of carbonyl (C=O) groups is 2. The predicted molar refractivity (Wildman–Crippen MR) is 110 cm³/mol. The van der Waals surface area contributed by atoms with Gasteiger partial charge in [0.15, 0.2) is 12.4 Å². The number of rotatable bonds is 5. The number of ether oxygens (including phenoxy) is 2.